The minimum absolute atomic E-state index is 0.183. The second kappa shape index (κ2) is 9.62. The largest absolute Gasteiger partial charge is 0.481 e. The van der Waals surface area contributed by atoms with Gasteiger partial charge in [-0.05, 0) is 6.92 Å². The van der Waals surface area contributed by atoms with Crippen LogP contribution in [0.3, 0.4) is 0 Å². The Kier molecular flexibility index (Phi) is 8.98. The van der Waals surface area contributed by atoms with E-state index >= 15 is 0 Å². The van der Waals surface area contributed by atoms with Crippen LogP contribution in [0.2, 0.25) is 0 Å². The topological polar surface area (TPSA) is 116 Å². The number of aliphatic carboxylic acids is 1. The van der Waals surface area contributed by atoms with Crippen LogP contribution in [-0.2, 0) is 14.4 Å². The first-order valence-electron chi connectivity index (χ1n) is 5.87. The molecule has 19 heavy (non-hydrogen) atoms. The van der Waals surface area contributed by atoms with Crippen molar-refractivity contribution < 1.29 is 24.6 Å². The van der Waals surface area contributed by atoms with Gasteiger partial charge in [0.1, 0.15) is 6.10 Å². The number of carboxylic acids is 1. The van der Waals surface area contributed by atoms with Crippen molar-refractivity contribution >= 4 is 29.5 Å². The minimum Gasteiger partial charge on any atom is -0.481 e. The predicted molar refractivity (Wildman–Crippen MR) is 71.8 cm³/mol. The highest BCUT2D eigenvalue weighted by atomic mass is 32.2. The smallest absolute Gasteiger partial charge is 0.307 e. The number of amides is 2. The Balaban J connectivity index is 3.55. The number of aliphatic hydroxyl groups is 1. The lowest BCUT2D eigenvalue weighted by molar-refractivity contribution is -0.140. The number of rotatable bonds is 9. The molecular weight excluding hydrogens is 272 g/mol. The second-order valence-electron chi connectivity index (χ2n) is 4.07. The molecule has 7 nitrogen and oxygen atoms in total. The number of hydrogen-bond donors (Lipinski definition) is 4. The van der Waals surface area contributed by atoms with E-state index in [4.69, 9.17) is 10.2 Å². The molecule has 110 valence electrons. The molecule has 0 aromatic heterocycles. The monoisotopic (exact) mass is 292 g/mol. The van der Waals surface area contributed by atoms with Gasteiger partial charge in [-0.1, -0.05) is 6.92 Å². The molecule has 0 fully saturated rings. The summed E-state index contributed by atoms with van der Waals surface area (Å²) >= 11 is 1.25. The van der Waals surface area contributed by atoms with Gasteiger partial charge in [-0.15, -0.1) is 0 Å². The van der Waals surface area contributed by atoms with Crippen molar-refractivity contribution in [3.63, 3.8) is 0 Å². The number of hydrogen-bond acceptors (Lipinski definition) is 5. The van der Waals surface area contributed by atoms with Crippen LogP contribution in [0.5, 0.6) is 0 Å². The molecule has 8 heteroatoms. The summed E-state index contributed by atoms with van der Waals surface area (Å²) in [4.78, 5) is 32.8. The van der Waals surface area contributed by atoms with Gasteiger partial charge in [0.2, 0.25) is 11.8 Å². The summed E-state index contributed by atoms with van der Waals surface area (Å²) in [6.45, 7) is 3.45. The number of aliphatic hydroxyl groups excluding tert-OH is 1. The van der Waals surface area contributed by atoms with Crippen molar-refractivity contribution in [2.75, 3.05) is 24.6 Å². The molecule has 0 rings (SSSR count). The highest BCUT2D eigenvalue weighted by Gasteiger charge is 2.11. The third-order valence-electron chi connectivity index (χ3n) is 2.15. The quantitative estimate of drug-likeness (QED) is 0.407. The van der Waals surface area contributed by atoms with Gasteiger partial charge in [-0.25, -0.2) is 0 Å². The van der Waals surface area contributed by atoms with Crippen LogP contribution >= 0.6 is 11.8 Å². The van der Waals surface area contributed by atoms with E-state index in [1.165, 1.54) is 18.7 Å². The molecule has 0 bridgehead atoms. The van der Waals surface area contributed by atoms with E-state index in [1.54, 1.807) is 6.92 Å². The molecule has 0 aliphatic rings. The molecule has 0 radical (unpaired) electrons. The summed E-state index contributed by atoms with van der Waals surface area (Å²) in [7, 11) is 0. The van der Waals surface area contributed by atoms with Gasteiger partial charge in [0, 0.05) is 18.8 Å². The van der Waals surface area contributed by atoms with Crippen LogP contribution in [0, 0.1) is 5.92 Å². The molecule has 0 aliphatic heterocycles. The van der Waals surface area contributed by atoms with Gasteiger partial charge in [-0.3, -0.25) is 14.4 Å². The Morgan fingerprint density at radius 1 is 1.16 bits per heavy atom. The van der Waals surface area contributed by atoms with E-state index in [-0.39, 0.29) is 24.7 Å². The molecular formula is C11H20N2O5S. The fourth-order valence-corrected chi connectivity index (χ4v) is 1.89. The normalized spacial score (nSPS) is 13.4. The van der Waals surface area contributed by atoms with Gasteiger partial charge < -0.3 is 20.8 Å². The van der Waals surface area contributed by atoms with E-state index in [2.05, 4.69) is 10.6 Å². The van der Waals surface area contributed by atoms with Gasteiger partial charge >= 0.3 is 5.97 Å². The molecule has 0 heterocycles. The molecule has 0 aliphatic carbocycles. The van der Waals surface area contributed by atoms with E-state index < -0.39 is 23.9 Å². The number of nitrogens with one attached hydrogen (secondary N) is 2. The average Bonchev–Trinajstić information content (AvgIpc) is 2.33. The van der Waals surface area contributed by atoms with E-state index in [1.807, 2.05) is 0 Å². The third kappa shape index (κ3) is 9.32. The van der Waals surface area contributed by atoms with Crippen molar-refractivity contribution in [2.24, 2.45) is 5.92 Å². The lowest BCUT2D eigenvalue weighted by atomic mass is 10.2. The highest BCUT2D eigenvalue weighted by molar-refractivity contribution is 7.99. The molecule has 2 amide bonds. The van der Waals surface area contributed by atoms with Crippen molar-refractivity contribution in [2.45, 2.75) is 20.0 Å². The van der Waals surface area contributed by atoms with Gasteiger partial charge in [0.25, 0.3) is 0 Å². The Bertz CT molecular complexity index is 322. The van der Waals surface area contributed by atoms with Crippen molar-refractivity contribution in [1.29, 1.82) is 0 Å². The first-order valence-corrected chi connectivity index (χ1v) is 7.03. The maximum absolute atomic E-state index is 11.3. The SMILES string of the molecule is CC(CSCC(=O)NCCNC(=O)[C@H](C)O)C(=O)O. The van der Waals surface area contributed by atoms with Crippen molar-refractivity contribution in [3.8, 4) is 0 Å². The number of carbonyl (C=O) groups excluding carboxylic acids is 2. The predicted octanol–water partition coefficient (Wildman–Crippen LogP) is -0.946. The Hall–Kier alpha value is -1.28. The van der Waals surface area contributed by atoms with Gasteiger partial charge in [0.15, 0.2) is 0 Å². The zero-order valence-electron chi connectivity index (χ0n) is 11.0. The standard InChI is InChI=1S/C11H20N2O5S/c1-7(11(17)18)5-19-6-9(15)12-3-4-13-10(16)8(2)14/h7-8,14H,3-6H2,1-2H3,(H,12,15)(H,13,16)(H,17,18)/t7?,8-/m0/s1. The highest BCUT2D eigenvalue weighted by Crippen LogP contribution is 2.07. The van der Waals surface area contributed by atoms with Crippen LogP contribution in [-0.4, -0.2) is 58.7 Å². The van der Waals surface area contributed by atoms with Crippen LogP contribution in [0.1, 0.15) is 13.8 Å². The molecule has 1 unspecified atom stereocenters. The molecule has 0 spiro atoms. The molecule has 4 N–H and O–H groups in total. The van der Waals surface area contributed by atoms with E-state index in [9.17, 15) is 14.4 Å². The molecule has 2 atom stereocenters. The van der Waals surface area contributed by atoms with Gasteiger partial charge in [-0.2, -0.15) is 11.8 Å². The maximum Gasteiger partial charge on any atom is 0.307 e. The summed E-state index contributed by atoms with van der Waals surface area (Å²) in [6, 6.07) is 0. The van der Waals surface area contributed by atoms with Crippen LogP contribution < -0.4 is 10.6 Å². The molecule has 0 saturated heterocycles. The maximum atomic E-state index is 11.3. The number of carboxylic acid groups (broad SMARTS) is 1. The number of thioether (sulfide) groups is 1. The second-order valence-corrected chi connectivity index (χ2v) is 5.10. The number of carbonyl (C=O) groups is 3. The summed E-state index contributed by atoms with van der Waals surface area (Å²) in [6.07, 6.45) is -1.07. The first kappa shape index (κ1) is 17.7. The van der Waals surface area contributed by atoms with E-state index in [0.29, 0.717) is 5.75 Å². The third-order valence-corrected chi connectivity index (χ3v) is 3.35. The zero-order valence-corrected chi connectivity index (χ0v) is 11.8. The fraction of sp³-hybridized carbons (Fsp3) is 0.727. The Labute approximate surface area is 116 Å². The molecule has 0 aromatic carbocycles. The summed E-state index contributed by atoms with van der Waals surface area (Å²) < 4.78 is 0. The zero-order chi connectivity index (χ0) is 14.8. The Morgan fingerprint density at radius 3 is 2.26 bits per heavy atom. The van der Waals surface area contributed by atoms with Crippen LogP contribution in [0.25, 0.3) is 0 Å². The minimum atomic E-state index is -1.07. The van der Waals surface area contributed by atoms with Crippen LogP contribution in [0.4, 0.5) is 0 Å². The molecule has 0 aromatic rings. The summed E-state index contributed by atoms with van der Waals surface area (Å²) in [5.74, 6) is -1.51. The van der Waals surface area contributed by atoms with E-state index in [0.717, 1.165) is 0 Å². The first-order chi connectivity index (χ1) is 8.84. The molecule has 0 saturated carbocycles. The average molecular weight is 292 g/mol. The lowest BCUT2D eigenvalue weighted by Gasteiger charge is -2.09. The lowest BCUT2D eigenvalue weighted by Crippen LogP contribution is -2.39. The summed E-state index contributed by atoms with van der Waals surface area (Å²) in [5.41, 5.74) is 0. The van der Waals surface area contributed by atoms with Crippen LogP contribution in [0.15, 0.2) is 0 Å². The van der Waals surface area contributed by atoms with Crippen molar-refractivity contribution in [3.05, 3.63) is 0 Å². The summed E-state index contributed by atoms with van der Waals surface area (Å²) in [5, 5.41) is 22.5. The van der Waals surface area contributed by atoms with Gasteiger partial charge in [0.05, 0.1) is 11.7 Å². The Morgan fingerprint density at radius 2 is 1.74 bits per heavy atom. The fourth-order valence-electron chi connectivity index (χ4n) is 0.986. The van der Waals surface area contributed by atoms with Crippen molar-refractivity contribution in [1.82, 2.24) is 10.6 Å².